The van der Waals surface area contributed by atoms with Crippen LogP contribution in [-0.4, -0.2) is 64.9 Å². The predicted molar refractivity (Wildman–Crippen MR) is 143 cm³/mol. The fourth-order valence-electron chi connectivity index (χ4n) is 5.32. The Morgan fingerprint density at radius 3 is 2.63 bits per heavy atom. The molecule has 6 rings (SSSR count). The molecule has 3 aromatic heterocycles. The normalized spacial score (nSPS) is 17.4. The van der Waals surface area contributed by atoms with Crippen LogP contribution in [0.25, 0.3) is 34.4 Å². The van der Waals surface area contributed by atoms with Gasteiger partial charge >= 0.3 is 0 Å². The third-order valence-electron chi connectivity index (χ3n) is 7.49. The molecule has 0 bridgehead atoms. The van der Waals surface area contributed by atoms with Crippen LogP contribution in [0, 0.1) is 0 Å². The highest BCUT2D eigenvalue weighted by atomic mass is 16.6. The molecule has 1 aliphatic heterocycles. The maximum atomic E-state index is 13.4. The van der Waals surface area contributed by atoms with Crippen molar-refractivity contribution in [2.75, 3.05) is 19.6 Å². The summed E-state index contributed by atoms with van der Waals surface area (Å²) in [5.41, 5.74) is 10.7. The third-order valence-corrected chi connectivity index (χ3v) is 7.49. The van der Waals surface area contributed by atoms with Gasteiger partial charge in [-0.2, -0.15) is 5.10 Å². The summed E-state index contributed by atoms with van der Waals surface area (Å²) in [5, 5.41) is 23.7. The van der Waals surface area contributed by atoms with E-state index in [-0.39, 0.29) is 12.1 Å². The summed E-state index contributed by atoms with van der Waals surface area (Å²) in [5.74, 6) is 0. The molecule has 0 amide bonds. The molecule has 38 heavy (non-hydrogen) atoms. The highest BCUT2D eigenvalue weighted by Crippen LogP contribution is 2.28. The maximum absolute atomic E-state index is 13.4. The highest BCUT2D eigenvalue weighted by molar-refractivity contribution is 5.89. The molecule has 1 saturated heterocycles. The molecule has 1 fully saturated rings. The number of rotatable bonds is 6. The number of hydrogen-bond donors (Lipinski definition) is 2. The summed E-state index contributed by atoms with van der Waals surface area (Å²) >= 11 is 0. The topological polar surface area (TPSA) is 141 Å². The van der Waals surface area contributed by atoms with Crippen molar-refractivity contribution < 1.29 is 9.74 Å². The number of piperidine rings is 1. The lowest BCUT2D eigenvalue weighted by Crippen LogP contribution is -2.48. The Bertz CT molecular complexity index is 1590. The third kappa shape index (κ3) is 4.60. The van der Waals surface area contributed by atoms with Crippen LogP contribution in [0.3, 0.4) is 0 Å². The fraction of sp³-hybridized carbons (Fsp3) is 0.370. The van der Waals surface area contributed by atoms with Crippen LogP contribution in [0.4, 0.5) is 0 Å². The number of aryl methyl sites for hydroxylation is 1. The van der Waals surface area contributed by atoms with Gasteiger partial charge in [0.25, 0.3) is 5.56 Å². The van der Waals surface area contributed by atoms with Crippen LogP contribution >= 0.6 is 0 Å². The van der Waals surface area contributed by atoms with Crippen molar-refractivity contribution in [1.82, 2.24) is 34.5 Å². The highest BCUT2D eigenvalue weighted by Gasteiger charge is 2.33. The van der Waals surface area contributed by atoms with Crippen LogP contribution in [0.5, 0.6) is 0 Å². The number of aromatic nitrogens is 6. The molecule has 196 valence electrons. The van der Waals surface area contributed by atoms with Gasteiger partial charge in [-0.05, 0) is 47.3 Å². The summed E-state index contributed by atoms with van der Waals surface area (Å²) in [6, 6.07) is 7.85. The lowest BCUT2D eigenvalue weighted by Gasteiger charge is -2.38. The first-order valence-electron chi connectivity index (χ1n) is 12.8. The zero-order valence-electron chi connectivity index (χ0n) is 21.2. The standard InChI is InChI=1S/C27H30N8O3/c1-33-25(20-7-5-18(14-28)6-8-20)23-24(30-33)26(36)35(17-29-23)16-27(37)9-11-34(12-10-27)15-19-3-2-4-21-22(13-19)32-38-31-21/h2,4-8,13,17,37H,3,9-12,14-16,28H2,1H3. The van der Waals surface area contributed by atoms with E-state index in [4.69, 9.17) is 10.4 Å². The number of likely N-dealkylation sites (tertiary alicyclic amines) is 1. The molecule has 4 aromatic rings. The van der Waals surface area contributed by atoms with Crippen LogP contribution in [0.1, 0.15) is 36.2 Å². The lowest BCUT2D eigenvalue weighted by atomic mass is 9.91. The van der Waals surface area contributed by atoms with E-state index >= 15 is 0 Å². The molecule has 1 aliphatic carbocycles. The Morgan fingerprint density at radius 2 is 1.87 bits per heavy atom. The molecule has 0 atom stereocenters. The van der Waals surface area contributed by atoms with Gasteiger partial charge in [-0.3, -0.25) is 18.9 Å². The van der Waals surface area contributed by atoms with Crippen molar-refractivity contribution in [3.63, 3.8) is 0 Å². The number of nitrogens with zero attached hydrogens (tertiary/aromatic N) is 7. The van der Waals surface area contributed by atoms with E-state index in [0.717, 1.165) is 54.3 Å². The first-order chi connectivity index (χ1) is 18.4. The Labute approximate surface area is 218 Å². The monoisotopic (exact) mass is 514 g/mol. The SMILES string of the molecule is Cn1nc2c(=O)n(CC3(O)CCN(CC4=Cc5nonc5C=CC4)CC3)cnc2c1-c1ccc(CN)cc1. The summed E-state index contributed by atoms with van der Waals surface area (Å²) in [7, 11) is 1.81. The molecule has 3 N–H and O–H groups in total. The minimum Gasteiger partial charge on any atom is -0.388 e. The lowest BCUT2D eigenvalue weighted by molar-refractivity contribution is -0.0330. The van der Waals surface area contributed by atoms with Gasteiger partial charge < -0.3 is 10.8 Å². The summed E-state index contributed by atoms with van der Waals surface area (Å²) in [6.07, 6.45) is 9.48. The van der Waals surface area contributed by atoms with Gasteiger partial charge in [0.05, 0.1) is 24.2 Å². The molecule has 0 spiro atoms. The average Bonchev–Trinajstić information content (AvgIpc) is 3.45. The summed E-state index contributed by atoms with van der Waals surface area (Å²) < 4.78 is 8.01. The van der Waals surface area contributed by atoms with Crippen molar-refractivity contribution in [1.29, 1.82) is 0 Å². The molecule has 11 nitrogen and oxygen atoms in total. The van der Waals surface area contributed by atoms with Crippen molar-refractivity contribution >= 4 is 23.2 Å². The first-order valence-corrected chi connectivity index (χ1v) is 12.8. The van der Waals surface area contributed by atoms with Gasteiger partial charge in [0, 0.05) is 38.8 Å². The second-order valence-corrected chi connectivity index (χ2v) is 10.2. The zero-order chi connectivity index (χ0) is 26.3. The van der Waals surface area contributed by atoms with Crippen LogP contribution in [-0.2, 0) is 20.1 Å². The van der Waals surface area contributed by atoms with Crippen molar-refractivity contribution in [2.45, 2.75) is 38.0 Å². The number of nitrogens with two attached hydrogens (primary N) is 1. The number of aliphatic hydroxyl groups is 1. The Hall–Kier alpha value is -3.93. The molecular formula is C27H30N8O3. The van der Waals surface area contributed by atoms with Gasteiger partial charge in [0.2, 0.25) is 0 Å². The molecule has 4 heterocycles. The minimum atomic E-state index is -0.994. The Kier molecular flexibility index (Phi) is 6.26. The van der Waals surface area contributed by atoms with Gasteiger partial charge in [0.15, 0.2) is 5.52 Å². The Morgan fingerprint density at radius 1 is 1.11 bits per heavy atom. The number of allylic oxidation sites excluding steroid dienone is 1. The van der Waals surface area contributed by atoms with Crippen LogP contribution < -0.4 is 11.3 Å². The Balaban J connectivity index is 1.16. The molecule has 2 aliphatic rings. The summed E-state index contributed by atoms with van der Waals surface area (Å²) in [4.78, 5) is 20.3. The second kappa shape index (κ2) is 9.75. The molecule has 0 radical (unpaired) electrons. The minimum absolute atomic E-state index is 0.180. The van der Waals surface area contributed by atoms with E-state index < -0.39 is 5.60 Å². The van der Waals surface area contributed by atoms with Crippen molar-refractivity contribution in [3.05, 3.63) is 69.5 Å². The first kappa shape index (κ1) is 24.4. The van der Waals surface area contributed by atoms with E-state index in [1.165, 1.54) is 16.5 Å². The molecular weight excluding hydrogens is 484 g/mol. The van der Waals surface area contributed by atoms with E-state index in [0.29, 0.717) is 30.4 Å². The van der Waals surface area contributed by atoms with Crippen LogP contribution in [0.15, 0.2) is 51.7 Å². The molecule has 0 unspecified atom stereocenters. The van der Waals surface area contributed by atoms with Gasteiger partial charge in [-0.25, -0.2) is 9.61 Å². The smallest absolute Gasteiger partial charge is 0.281 e. The van der Waals surface area contributed by atoms with E-state index in [9.17, 15) is 9.90 Å². The largest absolute Gasteiger partial charge is 0.388 e. The van der Waals surface area contributed by atoms with Gasteiger partial charge in [-0.1, -0.05) is 35.9 Å². The predicted octanol–water partition coefficient (Wildman–Crippen LogP) is 1.97. The zero-order valence-corrected chi connectivity index (χ0v) is 21.2. The number of benzene rings is 1. The van der Waals surface area contributed by atoms with E-state index in [2.05, 4.69) is 31.4 Å². The van der Waals surface area contributed by atoms with E-state index in [1.807, 2.05) is 36.4 Å². The quantitative estimate of drug-likeness (QED) is 0.395. The molecule has 1 aromatic carbocycles. The van der Waals surface area contributed by atoms with Gasteiger partial charge in [0.1, 0.15) is 16.9 Å². The average molecular weight is 515 g/mol. The fourth-order valence-corrected chi connectivity index (χ4v) is 5.32. The number of fused-ring (bicyclic) bond motifs is 2. The van der Waals surface area contributed by atoms with E-state index in [1.54, 1.807) is 11.7 Å². The van der Waals surface area contributed by atoms with Crippen LogP contribution in [0.2, 0.25) is 0 Å². The van der Waals surface area contributed by atoms with Gasteiger partial charge in [-0.15, -0.1) is 0 Å². The molecule has 11 heteroatoms. The molecule has 0 saturated carbocycles. The summed E-state index contributed by atoms with van der Waals surface area (Å²) in [6.45, 7) is 2.87. The number of hydrogen-bond acceptors (Lipinski definition) is 9. The van der Waals surface area contributed by atoms with Crippen molar-refractivity contribution in [2.24, 2.45) is 12.8 Å². The van der Waals surface area contributed by atoms with Crippen molar-refractivity contribution in [3.8, 4) is 11.3 Å². The second-order valence-electron chi connectivity index (χ2n) is 10.2. The maximum Gasteiger partial charge on any atom is 0.281 e.